The molecule has 0 fully saturated rings. The van der Waals surface area contributed by atoms with Crippen molar-refractivity contribution in [3.05, 3.63) is 73.3 Å². The van der Waals surface area contributed by atoms with Gasteiger partial charge in [0.1, 0.15) is 5.82 Å². The van der Waals surface area contributed by atoms with Crippen molar-refractivity contribution < 1.29 is 9.18 Å². The van der Waals surface area contributed by atoms with Gasteiger partial charge in [-0.2, -0.15) is 0 Å². The van der Waals surface area contributed by atoms with Gasteiger partial charge >= 0.3 is 0 Å². The molecule has 3 nitrogen and oxygen atoms in total. The molecule has 1 atom stereocenters. The number of nitrogens with zero attached hydrogens (tertiary/aromatic N) is 1. The number of anilines is 1. The number of thiophene rings is 2. The van der Waals surface area contributed by atoms with E-state index in [9.17, 15) is 9.18 Å². The van der Waals surface area contributed by atoms with Gasteiger partial charge in [-0.3, -0.25) is 9.69 Å². The van der Waals surface area contributed by atoms with Gasteiger partial charge in [0.15, 0.2) is 0 Å². The molecule has 0 radical (unpaired) electrons. The van der Waals surface area contributed by atoms with Crippen LogP contribution < -0.4 is 5.32 Å². The second-order valence-corrected chi connectivity index (χ2v) is 8.53. The standard InChI is InChI=1S/C19H16ClFN2OS2/c20-12-3-4-14(21)15(10-12)22-18(24)11-23-7-5-16-13(6-9-26-16)19(23)17-2-1-8-25-17/h1-4,6,8-10,19H,5,7,11H2,(H,22,24)/t19-/m1/s1. The molecular formula is C19H16ClFN2OS2. The van der Waals surface area contributed by atoms with Crippen LogP contribution in [-0.2, 0) is 11.2 Å². The van der Waals surface area contributed by atoms with Gasteiger partial charge in [0.25, 0.3) is 0 Å². The Hall–Kier alpha value is -1.73. The van der Waals surface area contributed by atoms with Crippen LogP contribution in [0.5, 0.6) is 0 Å². The van der Waals surface area contributed by atoms with E-state index in [4.69, 9.17) is 11.6 Å². The highest BCUT2D eigenvalue weighted by atomic mass is 35.5. The second kappa shape index (κ2) is 7.48. The zero-order chi connectivity index (χ0) is 18.1. The average Bonchev–Trinajstić information content (AvgIpc) is 3.29. The molecule has 134 valence electrons. The van der Waals surface area contributed by atoms with Crippen molar-refractivity contribution in [2.45, 2.75) is 12.5 Å². The summed E-state index contributed by atoms with van der Waals surface area (Å²) in [5, 5.41) is 7.19. The number of halogens is 2. The minimum absolute atomic E-state index is 0.0694. The lowest BCUT2D eigenvalue weighted by molar-refractivity contribution is -0.117. The lowest BCUT2D eigenvalue weighted by Crippen LogP contribution is -2.40. The van der Waals surface area contributed by atoms with Crippen LogP contribution in [0, 0.1) is 5.82 Å². The van der Waals surface area contributed by atoms with Gasteiger partial charge < -0.3 is 5.32 Å². The maximum atomic E-state index is 13.9. The van der Waals surface area contributed by atoms with Crippen molar-refractivity contribution in [2.24, 2.45) is 0 Å². The summed E-state index contributed by atoms with van der Waals surface area (Å²) in [5.41, 5.74) is 1.38. The molecule has 0 spiro atoms. The number of benzene rings is 1. The zero-order valence-electron chi connectivity index (χ0n) is 13.7. The molecule has 1 N–H and O–H groups in total. The lowest BCUT2D eigenvalue weighted by atomic mass is 9.98. The van der Waals surface area contributed by atoms with Crippen molar-refractivity contribution in [2.75, 3.05) is 18.4 Å². The number of nitrogens with one attached hydrogen (secondary N) is 1. The van der Waals surface area contributed by atoms with Crippen LogP contribution >= 0.6 is 34.3 Å². The van der Waals surface area contributed by atoms with Crippen molar-refractivity contribution in [3.63, 3.8) is 0 Å². The summed E-state index contributed by atoms with van der Waals surface area (Å²) in [6.45, 7) is 0.991. The third-order valence-corrected chi connectivity index (χ3v) is 6.58. The molecule has 1 aliphatic rings. The van der Waals surface area contributed by atoms with E-state index in [0.29, 0.717) is 5.02 Å². The molecule has 0 bridgehead atoms. The van der Waals surface area contributed by atoms with E-state index in [1.165, 1.54) is 33.5 Å². The molecule has 0 saturated heterocycles. The Morgan fingerprint density at radius 1 is 1.27 bits per heavy atom. The van der Waals surface area contributed by atoms with Gasteiger partial charge in [0, 0.05) is 21.3 Å². The molecule has 7 heteroatoms. The Balaban J connectivity index is 1.55. The molecule has 0 saturated carbocycles. The molecule has 4 rings (SSSR count). The van der Waals surface area contributed by atoms with Crippen molar-refractivity contribution in [1.29, 1.82) is 0 Å². The predicted molar refractivity (Wildman–Crippen MR) is 106 cm³/mol. The third kappa shape index (κ3) is 3.55. The summed E-state index contributed by atoms with van der Waals surface area (Å²) >= 11 is 9.36. The molecule has 3 aromatic rings. The fourth-order valence-corrected chi connectivity index (χ4v) is 5.24. The van der Waals surface area contributed by atoms with E-state index >= 15 is 0 Å². The minimum Gasteiger partial charge on any atom is -0.322 e. The molecule has 1 aromatic carbocycles. The van der Waals surface area contributed by atoms with Crippen LogP contribution in [0.4, 0.5) is 10.1 Å². The molecule has 2 aromatic heterocycles. The Kier molecular flexibility index (Phi) is 5.09. The number of amides is 1. The summed E-state index contributed by atoms with van der Waals surface area (Å²) in [5.74, 6) is -0.734. The van der Waals surface area contributed by atoms with E-state index in [1.807, 2.05) is 6.07 Å². The molecule has 0 aliphatic carbocycles. The SMILES string of the molecule is O=C(CN1CCc2sccc2[C@@H]1c1cccs1)Nc1cc(Cl)ccc1F. The first-order chi connectivity index (χ1) is 12.6. The number of rotatable bonds is 4. The Morgan fingerprint density at radius 2 is 2.15 bits per heavy atom. The van der Waals surface area contributed by atoms with Crippen LogP contribution in [0.25, 0.3) is 0 Å². The first-order valence-electron chi connectivity index (χ1n) is 8.20. The number of hydrogen-bond acceptors (Lipinski definition) is 4. The van der Waals surface area contributed by atoms with Crippen molar-refractivity contribution in [3.8, 4) is 0 Å². The lowest BCUT2D eigenvalue weighted by Gasteiger charge is -2.34. The minimum atomic E-state index is -0.490. The van der Waals surface area contributed by atoms with Crippen LogP contribution in [0.2, 0.25) is 5.02 Å². The third-order valence-electron chi connectivity index (χ3n) is 4.43. The molecular weight excluding hydrogens is 391 g/mol. The zero-order valence-corrected chi connectivity index (χ0v) is 16.1. The van der Waals surface area contributed by atoms with Crippen LogP contribution in [-0.4, -0.2) is 23.9 Å². The summed E-state index contributed by atoms with van der Waals surface area (Å²) in [7, 11) is 0. The Labute approximate surface area is 164 Å². The largest absolute Gasteiger partial charge is 0.322 e. The van der Waals surface area contributed by atoms with Gasteiger partial charge in [-0.15, -0.1) is 22.7 Å². The van der Waals surface area contributed by atoms with Crippen molar-refractivity contribution >= 4 is 45.9 Å². The van der Waals surface area contributed by atoms with Gasteiger partial charge in [-0.1, -0.05) is 17.7 Å². The second-order valence-electron chi connectivity index (χ2n) is 6.11. The normalized spacial score (nSPS) is 17.1. The highest BCUT2D eigenvalue weighted by molar-refractivity contribution is 7.10. The first-order valence-corrected chi connectivity index (χ1v) is 10.3. The van der Waals surface area contributed by atoms with Gasteiger partial charge in [-0.25, -0.2) is 4.39 Å². The fraction of sp³-hybridized carbons (Fsp3) is 0.211. The summed E-state index contributed by atoms with van der Waals surface area (Å²) in [6, 6.07) is 10.5. The maximum Gasteiger partial charge on any atom is 0.238 e. The highest BCUT2D eigenvalue weighted by Crippen LogP contribution is 2.39. The van der Waals surface area contributed by atoms with Gasteiger partial charge in [0.05, 0.1) is 18.3 Å². The number of carbonyl (C=O) groups excluding carboxylic acids is 1. The molecule has 3 heterocycles. The van der Waals surface area contributed by atoms with Gasteiger partial charge in [-0.05, 0) is 53.1 Å². The summed E-state index contributed by atoms with van der Waals surface area (Å²) in [4.78, 5) is 17.3. The topological polar surface area (TPSA) is 32.3 Å². The van der Waals surface area contributed by atoms with Crippen LogP contribution in [0.15, 0.2) is 47.2 Å². The Bertz CT molecular complexity index is 926. The average molecular weight is 407 g/mol. The van der Waals surface area contributed by atoms with E-state index in [-0.39, 0.29) is 24.2 Å². The first kappa shape index (κ1) is 17.7. The fourth-order valence-electron chi connectivity index (χ4n) is 3.29. The molecule has 0 unspecified atom stereocenters. The van der Waals surface area contributed by atoms with Crippen LogP contribution in [0.3, 0.4) is 0 Å². The van der Waals surface area contributed by atoms with Crippen LogP contribution in [0.1, 0.15) is 21.4 Å². The highest BCUT2D eigenvalue weighted by Gasteiger charge is 2.31. The van der Waals surface area contributed by atoms with Gasteiger partial charge in [0.2, 0.25) is 5.91 Å². The number of carbonyl (C=O) groups is 1. The number of fused-ring (bicyclic) bond motifs is 1. The van der Waals surface area contributed by atoms with Crippen molar-refractivity contribution in [1.82, 2.24) is 4.90 Å². The summed E-state index contributed by atoms with van der Waals surface area (Å²) < 4.78 is 13.9. The maximum absolute atomic E-state index is 13.9. The quantitative estimate of drug-likeness (QED) is 0.646. The smallest absolute Gasteiger partial charge is 0.238 e. The van der Waals surface area contributed by atoms with E-state index < -0.39 is 5.82 Å². The van der Waals surface area contributed by atoms with E-state index in [2.05, 4.69) is 33.1 Å². The molecule has 1 amide bonds. The molecule has 1 aliphatic heterocycles. The molecule has 26 heavy (non-hydrogen) atoms. The van der Waals surface area contributed by atoms with E-state index in [1.54, 1.807) is 22.7 Å². The van der Waals surface area contributed by atoms with E-state index in [0.717, 1.165) is 13.0 Å². The monoisotopic (exact) mass is 406 g/mol. The summed E-state index contributed by atoms with van der Waals surface area (Å²) in [6.07, 6.45) is 0.924. The number of hydrogen-bond donors (Lipinski definition) is 1. The predicted octanol–water partition coefficient (Wildman–Crippen LogP) is 5.19. The Morgan fingerprint density at radius 3 is 2.96 bits per heavy atom.